The van der Waals surface area contributed by atoms with E-state index in [1.807, 2.05) is 4.90 Å². The first-order valence-electron chi connectivity index (χ1n) is 7.14. The van der Waals surface area contributed by atoms with Gasteiger partial charge in [0.05, 0.1) is 0 Å². The third-order valence-electron chi connectivity index (χ3n) is 4.07. The molecule has 0 spiro atoms. The lowest BCUT2D eigenvalue weighted by molar-refractivity contribution is 0.0670. The summed E-state index contributed by atoms with van der Waals surface area (Å²) >= 11 is 1.39. The number of nitrogen functional groups attached to an aromatic ring is 1. The molecule has 1 aromatic heterocycles. The lowest BCUT2D eigenvalue weighted by Crippen LogP contribution is -2.47. The van der Waals surface area contributed by atoms with E-state index in [2.05, 4.69) is 22.2 Å². The van der Waals surface area contributed by atoms with Gasteiger partial charge < -0.3 is 20.9 Å². The van der Waals surface area contributed by atoms with Gasteiger partial charge in [0.1, 0.15) is 10.7 Å². The quantitative estimate of drug-likeness (QED) is 0.873. The van der Waals surface area contributed by atoms with Gasteiger partial charge in [-0.2, -0.15) is 0 Å². The third kappa shape index (κ3) is 2.73. The fourth-order valence-corrected chi connectivity index (χ4v) is 3.36. The Labute approximate surface area is 123 Å². The molecule has 1 aliphatic carbocycles. The number of carbonyl (C=O) groups excluding carboxylic acids is 1. The zero-order chi connectivity index (χ0) is 14.1. The predicted molar refractivity (Wildman–Crippen MR) is 81.2 cm³/mol. The second-order valence-electron chi connectivity index (χ2n) is 5.60. The van der Waals surface area contributed by atoms with Crippen LogP contribution in [0.25, 0.3) is 0 Å². The molecule has 7 heteroatoms. The van der Waals surface area contributed by atoms with Crippen molar-refractivity contribution in [1.29, 1.82) is 0 Å². The van der Waals surface area contributed by atoms with E-state index in [0.717, 1.165) is 31.3 Å². The number of rotatable bonds is 3. The van der Waals surface area contributed by atoms with Crippen LogP contribution in [-0.4, -0.2) is 60.0 Å². The van der Waals surface area contributed by atoms with Crippen LogP contribution in [0.2, 0.25) is 0 Å². The van der Waals surface area contributed by atoms with Gasteiger partial charge in [0.25, 0.3) is 5.91 Å². The van der Waals surface area contributed by atoms with Crippen LogP contribution in [0.3, 0.4) is 0 Å². The van der Waals surface area contributed by atoms with Crippen molar-refractivity contribution in [1.82, 2.24) is 14.8 Å². The molecule has 0 aromatic carbocycles. The summed E-state index contributed by atoms with van der Waals surface area (Å²) < 4.78 is 0. The maximum Gasteiger partial charge on any atom is 0.267 e. The highest BCUT2D eigenvalue weighted by atomic mass is 32.1. The number of nitrogens with two attached hydrogens (primary N) is 1. The summed E-state index contributed by atoms with van der Waals surface area (Å²) in [4.78, 5) is 21.4. The molecule has 3 N–H and O–H groups in total. The van der Waals surface area contributed by atoms with Gasteiger partial charge in [-0.15, -0.1) is 0 Å². The Kier molecular flexibility index (Phi) is 3.80. The second kappa shape index (κ2) is 5.57. The number of hydrogen-bond donors (Lipinski definition) is 2. The van der Waals surface area contributed by atoms with Crippen LogP contribution >= 0.6 is 11.3 Å². The maximum atomic E-state index is 12.5. The van der Waals surface area contributed by atoms with E-state index in [-0.39, 0.29) is 5.91 Å². The maximum absolute atomic E-state index is 12.5. The monoisotopic (exact) mass is 295 g/mol. The summed E-state index contributed by atoms with van der Waals surface area (Å²) in [6, 6.07) is 0.507. The fraction of sp³-hybridized carbons (Fsp3) is 0.692. The highest BCUT2D eigenvalue weighted by Crippen LogP contribution is 2.30. The number of nitrogens with zero attached hydrogens (tertiary/aromatic N) is 3. The van der Waals surface area contributed by atoms with E-state index in [4.69, 9.17) is 5.73 Å². The summed E-state index contributed by atoms with van der Waals surface area (Å²) in [6.45, 7) is 3.35. The summed E-state index contributed by atoms with van der Waals surface area (Å²) in [5, 5.41) is 4.13. The molecule has 2 fully saturated rings. The highest BCUT2D eigenvalue weighted by molar-refractivity contribution is 7.18. The van der Waals surface area contributed by atoms with Crippen LogP contribution in [0.1, 0.15) is 28.9 Å². The van der Waals surface area contributed by atoms with Crippen molar-refractivity contribution in [2.24, 2.45) is 0 Å². The van der Waals surface area contributed by atoms with Gasteiger partial charge in [0, 0.05) is 32.2 Å². The van der Waals surface area contributed by atoms with E-state index in [1.165, 1.54) is 30.6 Å². The molecule has 0 bridgehead atoms. The zero-order valence-electron chi connectivity index (χ0n) is 11.8. The molecule has 3 rings (SSSR count). The number of aromatic nitrogens is 1. The van der Waals surface area contributed by atoms with Crippen LogP contribution in [0.5, 0.6) is 0 Å². The molecular formula is C13H21N5OS. The average Bonchev–Trinajstić information content (AvgIpc) is 2.75. The number of piperazine rings is 1. The van der Waals surface area contributed by atoms with E-state index in [9.17, 15) is 4.79 Å². The molecular weight excluding hydrogens is 274 g/mol. The fourth-order valence-electron chi connectivity index (χ4n) is 2.43. The van der Waals surface area contributed by atoms with Gasteiger partial charge >= 0.3 is 0 Å². The van der Waals surface area contributed by atoms with E-state index in [1.54, 1.807) is 0 Å². The number of hydrogen-bond acceptors (Lipinski definition) is 6. The van der Waals surface area contributed by atoms with Crippen LogP contribution in [0.4, 0.5) is 10.9 Å². The Morgan fingerprint density at radius 2 is 2.05 bits per heavy atom. The Balaban J connectivity index is 1.67. The number of likely N-dealkylation sites (N-methyl/N-ethyl adjacent to an activating group) is 1. The minimum Gasteiger partial charge on any atom is -0.382 e. The Morgan fingerprint density at radius 1 is 1.35 bits per heavy atom. The Hall–Kier alpha value is -1.34. The molecule has 2 heterocycles. The Morgan fingerprint density at radius 3 is 2.65 bits per heavy atom. The van der Waals surface area contributed by atoms with Crippen molar-refractivity contribution in [3.05, 3.63) is 4.88 Å². The largest absolute Gasteiger partial charge is 0.382 e. The van der Waals surface area contributed by atoms with Crippen LogP contribution in [0.15, 0.2) is 0 Å². The minimum absolute atomic E-state index is 0.0229. The number of anilines is 2. The number of thiazole rings is 1. The highest BCUT2D eigenvalue weighted by Gasteiger charge is 2.26. The van der Waals surface area contributed by atoms with Crippen molar-refractivity contribution in [3.8, 4) is 0 Å². The van der Waals surface area contributed by atoms with Crippen molar-refractivity contribution in [2.75, 3.05) is 44.3 Å². The molecule has 110 valence electrons. The summed E-state index contributed by atoms with van der Waals surface area (Å²) in [5.74, 6) is 0.385. The molecule has 1 saturated heterocycles. The standard InChI is InChI=1S/C13H21N5OS/c1-17-5-7-18(8-6-17)12(19)10-11(14)16-13(20-10)15-9-3-2-4-9/h9H,2-8,14H2,1H3,(H,15,16). The third-order valence-corrected chi connectivity index (χ3v) is 5.06. The minimum atomic E-state index is 0.0229. The zero-order valence-corrected chi connectivity index (χ0v) is 12.6. The van der Waals surface area contributed by atoms with Crippen molar-refractivity contribution < 1.29 is 4.79 Å². The molecule has 2 aliphatic rings. The van der Waals surface area contributed by atoms with Crippen LogP contribution in [-0.2, 0) is 0 Å². The summed E-state index contributed by atoms with van der Waals surface area (Å²) in [5.41, 5.74) is 5.91. The van der Waals surface area contributed by atoms with Crippen molar-refractivity contribution in [2.45, 2.75) is 25.3 Å². The molecule has 1 amide bonds. The molecule has 1 saturated carbocycles. The SMILES string of the molecule is CN1CCN(C(=O)c2sc(NC3CCC3)nc2N)CC1. The Bertz CT molecular complexity index is 491. The molecule has 0 atom stereocenters. The molecule has 20 heavy (non-hydrogen) atoms. The van der Waals surface area contributed by atoms with Crippen molar-refractivity contribution >= 4 is 28.2 Å². The van der Waals surface area contributed by atoms with Gasteiger partial charge in [-0.05, 0) is 26.3 Å². The van der Waals surface area contributed by atoms with E-state index >= 15 is 0 Å². The molecule has 0 unspecified atom stereocenters. The first-order valence-corrected chi connectivity index (χ1v) is 7.96. The van der Waals surface area contributed by atoms with Crippen molar-refractivity contribution in [3.63, 3.8) is 0 Å². The van der Waals surface area contributed by atoms with Gasteiger partial charge in [-0.3, -0.25) is 4.79 Å². The van der Waals surface area contributed by atoms with Gasteiger partial charge in [0.15, 0.2) is 5.13 Å². The number of nitrogens with one attached hydrogen (secondary N) is 1. The second-order valence-corrected chi connectivity index (χ2v) is 6.60. The van der Waals surface area contributed by atoms with Crippen LogP contribution in [0, 0.1) is 0 Å². The molecule has 6 nitrogen and oxygen atoms in total. The molecule has 1 aliphatic heterocycles. The van der Waals surface area contributed by atoms with Crippen LogP contribution < -0.4 is 11.1 Å². The number of amides is 1. The lowest BCUT2D eigenvalue weighted by atomic mass is 9.93. The van der Waals surface area contributed by atoms with Gasteiger partial charge in [-0.25, -0.2) is 4.98 Å². The van der Waals surface area contributed by atoms with Gasteiger partial charge in [0.2, 0.25) is 0 Å². The van der Waals surface area contributed by atoms with Gasteiger partial charge in [-0.1, -0.05) is 11.3 Å². The molecule has 1 aromatic rings. The normalized spacial score (nSPS) is 20.8. The van der Waals surface area contributed by atoms with E-state index < -0.39 is 0 Å². The smallest absolute Gasteiger partial charge is 0.267 e. The molecule has 0 radical (unpaired) electrons. The lowest BCUT2D eigenvalue weighted by Gasteiger charge is -2.32. The average molecular weight is 295 g/mol. The predicted octanol–water partition coefficient (Wildman–Crippen LogP) is 1.08. The summed E-state index contributed by atoms with van der Waals surface area (Å²) in [6.07, 6.45) is 3.63. The van der Waals surface area contributed by atoms with E-state index in [0.29, 0.717) is 16.7 Å². The topological polar surface area (TPSA) is 74.5 Å². The number of carbonyl (C=O) groups is 1. The first-order chi connectivity index (χ1) is 9.63. The summed E-state index contributed by atoms with van der Waals surface area (Å²) in [7, 11) is 2.07. The first kappa shape index (κ1) is 13.6.